The first-order valence-corrected chi connectivity index (χ1v) is 10.5. The quantitative estimate of drug-likeness (QED) is 0.453. The summed E-state index contributed by atoms with van der Waals surface area (Å²) in [4.78, 5) is 36.9. The van der Waals surface area contributed by atoms with Gasteiger partial charge in [-0.2, -0.15) is 0 Å². The van der Waals surface area contributed by atoms with Crippen molar-refractivity contribution in [1.82, 2.24) is 15.2 Å². The predicted octanol–water partition coefficient (Wildman–Crippen LogP) is 1.94. The van der Waals surface area contributed by atoms with Gasteiger partial charge in [0.25, 0.3) is 5.91 Å². The number of ether oxygens (including phenoxy) is 3. The smallest absolute Gasteiger partial charge is 0.330 e. The van der Waals surface area contributed by atoms with Crippen LogP contribution < -0.4 is 20.1 Å². The fraction of sp³-hybridized carbons (Fsp3) is 0.435. The highest BCUT2D eigenvalue weighted by molar-refractivity contribution is 5.99. The second kappa shape index (κ2) is 10.2. The minimum atomic E-state index is -0.511. The van der Waals surface area contributed by atoms with Crippen molar-refractivity contribution in [3.63, 3.8) is 0 Å². The van der Waals surface area contributed by atoms with Crippen LogP contribution in [-0.2, 0) is 21.4 Å². The maximum absolute atomic E-state index is 13.1. The molecule has 2 aromatic rings. The topological polar surface area (TPSA) is 108 Å². The zero-order chi connectivity index (χ0) is 23.3. The van der Waals surface area contributed by atoms with E-state index in [1.165, 1.54) is 6.08 Å². The van der Waals surface area contributed by atoms with E-state index in [1.807, 2.05) is 12.1 Å². The molecule has 1 aliphatic rings. The lowest BCUT2D eigenvalue weighted by Gasteiger charge is -2.18. The van der Waals surface area contributed by atoms with Crippen molar-refractivity contribution in [2.45, 2.75) is 25.8 Å². The Balaban J connectivity index is 1.85. The van der Waals surface area contributed by atoms with Crippen LogP contribution in [0.2, 0.25) is 0 Å². The molecular formula is C23H29N3O6. The van der Waals surface area contributed by atoms with E-state index < -0.39 is 12.0 Å². The van der Waals surface area contributed by atoms with Gasteiger partial charge >= 0.3 is 5.97 Å². The fourth-order valence-electron chi connectivity index (χ4n) is 3.87. The third kappa shape index (κ3) is 5.04. The molecule has 0 unspecified atom stereocenters. The second-order valence-electron chi connectivity index (χ2n) is 7.56. The van der Waals surface area contributed by atoms with Gasteiger partial charge in [-0.05, 0) is 31.9 Å². The molecule has 1 aliphatic heterocycles. The number of carbonyl (C=O) groups is 3. The van der Waals surface area contributed by atoms with E-state index >= 15 is 0 Å². The zero-order valence-corrected chi connectivity index (χ0v) is 18.8. The van der Waals surface area contributed by atoms with Gasteiger partial charge in [0.1, 0.15) is 5.69 Å². The Bertz CT molecular complexity index is 1040. The van der Waals surface area contributed by atoms with E-state index in [4.69, 9.17) is 14.2 Å². The molecule has 2 amide bonds. The number of fused-ring (bicyclic) bond motifs is 1. The molecule has 0 radical (unpaired) electrons. The third-order valence-corrected chi connectivity index (χ3v) is 5.55. The molecule has 1 fully saturated rings. The van der Waals surface area contributed by atoms with Crippen LogP contribution >= 0.6 is 0 Å². The second-order valence-corrected chi connectivity index (χ2v) is 7.56. The van der Waals surface area contributed by atoms with Gasteiger partial charge in [0.15, 0.2) is 11.5 Å². The summed E-state index contributed by atoms with van der Waals surface area (Å²) in [5, 5.41) is 6.56. The van der Waals surface area contributed by atoms with E-state index in [0.717, 1.165) is 10.9 Å². The van der Waals surface area contributed by atoms with E-state index in [1.54, 1.807) is 44.9 Å². The standard InChI is InChI=1S/C23H29N3O6/c1-5-32-21(27)7-6-16(10-14-8-9-24-22(14)28)25-23(29)18-11-15-12-19(30-3)20(31-4)13-17(15)26(18)2/h6-7,11-14,16H,5,8-10H2,1-4H3,(H,24,28)(H,25,29)/b7-6+/t14-,16+/m0/s1. The molecule has 0 bridgehead atoms. The van der Waals surface area contributed by atoms with Crippen molar-refractivity contribution in [2.75, 3.05) is 27.4 Å². The van der Waals surface area contributed by atoms with Crippen molar-refractivity contribution in [3.05, 3.63) is 36.0 Å². The lowest BCUT2D eigenvalue weighted by molar-refractivity contribution is -0.137. The first-order valence-electron chi connectivity index (χ1n) is 10.5. The Morgan fingerprint density at radius 1 is 1.25 bits per heavy atom. The van der Waals surface area contributed by atoms with Crippen LogP contribution in [0.3, 0.4) is 0 Å². The molecular weight excluding hydrogens is 414 g/mol. The SMILES string of the molecule is CCOC(=O)/C=C/[C@H](C[C@@H]1CCNC1=O)NC(=O)c1cc2cc(OC)c(OC)cc2n1C. The number of hydrogen-bond acceptors (Lipinski definition) is 6. The maximum Gasteiger partial charge on any atom is 0.330 e. The Labute approximate surface area is 186 Å². The molecule has 2 N–H and O–H groups in total. The number of nitrogens with zero attached hydrogens (tertiary/aromatic N) is 1. The Morgan fingerprint density at radius 2 is 1.97 bits per heavy atom. The average Bonchev–Trinajstić information content (AvgIpc) is 3.33. The summed E-state index contributed by atoms with van der Waals surface area (Å²) < 4.78 is 17.4. The van der Waals surface area contributed by atoms with Crippen LogP contribution in [0.15, 0.2) is 30.4 Å². The highest BCUT2D eigenvalue weighted by Gasteiger charge is 2.28. The number of methoxy groups -OCH3 is 2. The number of nitrogens with one attached hydrogen (secondary N) is 2. The van der Waals surface area contributed by atoms with Crippen molar-refractivity contribution < 1.29 is 28.6 Å². The van der Waals surface area contributed by atoms with Crippen LogP contribution in [0.1, 0.15) is 30.3 Å². The number of hydrogen-bond donors (Lipinski definition) is 2. The first-order chi connectivity index (χ1) is 15.4. The largest absolute Gasteiger partial charge is 0.493 e. The van der Waals surface area contributed by atoms with Gasteiger partial charge in [0, 0.05) is 43.1 Å². The fourth-order valence-corrected chi connectivity index (χ4v) is 3.87. The number of rotatable bonds is 9. The number of esters is 1. The molecule has 0 spiro atoms. The van der Waals surface area contributed by atoms with Crippen LogP contribution in [0, 0.1) is 5.92 Å². The Hall–Kier alpha value is -3.49. The summed E-state index contributed by atoms with van der Waals surface area (Å²) in [5.41, 5.74) is 1.24. The van der Waals surface area contributed by atoms with Gasteiger partial charge in [-0.1, -0.05) is 6.08 Å². The van der Waals surface area contributed by atoms with E-state index in [9.17, 15) is 14.4 Å². The molecule has 9 heteroatoms. The summed E-state index contributed by atoms with van der Waals surface area (Å²) >= 11 is 0. The average molecular weight is 444 g/mol. The summed E-state index contributed by atoms with van der Waals surface area (Å²) in [6, 6.07) is 4.88. The molecule has 0 aliphatic carbocycles. The molecule has 3 rings (SSSR count). The maximum atomic E-state index is 13.1. The number of aryl methyl sites for hydroxylation is 1. The minimum absolute atomic E-state index is 0.0439. The van der Waals surface area contributed by atoms with Gasteiger partial charge in [-0.15, -0.1) is 0 Å². The lowest BCUT2D eigenvalue weighted by Crippen LogP contribution is -2.37. The molecule has 1 aromatic carbocycles. The molecule has 2 heterocycles. The highest BCUT2D eigenvalue weighted by atomic mass is 16.5. The van der Waals surface area contributed by atoms with Crippen molar-refractivity contribution in [3.8, 4) is 11.5 Å². The summed E-state index contributed by atoms with van der Waals surface area (Å²) in [5.74, 6) is 0.0476. The predicted molar refractivity (Wildman–Crippen MR) is 119 cm³/mol. The number of amides is 2. The summed E-state index contributed by atoms with van der Waals surface area (Å²) in [6.45, 7) is 2.59. The van der Waals surface area contributed by atoms with E-state index in [0.29, 0.717) is 36.6 Å². The Kier molecular flexibility index (Phi) is 7.40. The van der Waals surface area contributed by atoms with E-state index in [-0.39, 0.29) is 24.3 Å². The molecule has 32 heavy (non-hydrogen) atoms. The van der Waals surface area contributed by atoms with Crippen LogP contribution in [-0.4, -0.2) is 55.8 Å². The van der Waals surface area contributed by atoms with Gasteiger partial charge in [-0.25, -0.2) is 4.79 Å². The Morgan fingerprint density at radius 3 is 2.59 bits per heavy atom. The summed E-state index contributed by atoms with van der Waals surface area (Å²) in [7, 11) is 4.90. The molecule has 0 saturated carbocycles. The van der Waals surface area contributed by atoms with E-state index in [2.05, 4.69) is 10.6 Å². The molecule has 9 nitrogen and oxygen atoms in total. The monoisotopic (exact) mass is 443 g/mol. The minimum Gasteiger partial charge on any atom is -0.493 e. The number of aromatic nitrogens is 1. The summed E-state index contributed by atoms with van der Waals surface area (Å²) in [6.07, 6.45) is 3.94. The molecule has 1 saturated heterocycles. The van der Waals surface area contributed by atoms with Gasteiger partial charge in [-0.3, -0.25) is 9.59 Å². The van der Waals surface area contributed by atoms with Crippen molar-refractivity contribution in [2.24, 2.45) is 13.0 Å². The van der Waals surface area contributed by atoms with Crippen LogP contribution in [0.4, 0.5) is 0 Å². The normalized spacial score (nSPS) is 16.8. The van der Waals surface area contributed by atoms with Gasteiger partial charge in [0.05, 0.1) is 26.3 Å². The van der Waals surface area contributed by atoms with Crippen LogP contribution in [0.25, 0.3) is 10.9 Å². The van der Waals surface area contributed by atoms with Crippen molar-refractivity contribution >= 4 is 28.7 Å². The lowest BCUT2D eigenvalue weighted by atomic mass is 9.98. The number of carbonyl (C=O) groups excluding carboxylic acids is 3. The molecule has 1 aromatic heterocycles. The van der Waals surface area contributed by atoms with Crippen LogP contribution in [0.5, 0.6) is 11.5 Å². The molecule has 172 valence electrons. The highest BCUT2D eigenvalue weighted by Crippen LogP contribution is 2.33. The van der Waals surface area contributed by atoms with Gasteiger partial charge in [0.2, 0.25) is 5.91 Å². The zero-order valence-electron chi connectivity index (χ0n) is 18.8. The van der Waals surface area contributed by atoms with Gasteiger partial charge < -0.3 is 29.4 Å². The number of benzene rings is 1. The molecule has 2 atom stereocenters. The first kappa shape index (κ1) is 23.2. The van der Waals surface area contributed by atoms with Crippen molar-refractivity contribution in [1.29, 1.82) is 0 Å². The third-order valence-electron chi connectivity index (χ3n) is 5.55.